The van der Waals surface area contributed by atoms with Crippen LogP contribution in [0.2, 0.25) is 5.02 Å². The Hall–Kier alpha value is -3.63. The van der Waals surface area contributed by atoms with E-state index in [1.807, 2.05) is 25.1 Å². The van der Waals surface area contributed by atoms with Gasteiger partial charge >= 0.3 is 0 Å². The van der Waals surface area contributed by atoms with Crippen molar-refractivity contribution in [3.8, 4) is 11.5 Å². The number of carbonyl (C=O) groups excluding carboxylic acids is 1. The Morgan fingerprint density at radius 1 is 1.08 bits per heavy atom. The van der Waals surface area contributed by atoms with Crippen LogP contribution in [0.1, 0.15) is 18.1 Å². The van der Waals surface area contributed by atoms with Crippen LogP contribution in [0.4, 0.5) is 10.1 Å². The smallest absolute Gasteiger partial charge is 0.260 e. The number of hydrogen-bond acceptors (Lipinski definition) is 6. The lowest BCUT2D eigenvalue weighted by Gasteiger charge is -2.21. The summed E-state index contributed by atoms with van der Waals surface area (Å²) in [5, 5.41) is 4.51. The predicted molar refractivity (Wildman–Crippen MR) is 138 cm³/mol. The van der Waals surface area contributed by atoms with Crippen LogP contribution >= 0.6 is 11.6 Å². The Labute approximate surface area is 214 Å². The highest BCUT2D eigenvalue weighted by Crippen LogP contribution is 2.29. The van der Waals surface area contributed by atoms with E-state index in [2.05, 4.69) is 10.5 Å². The molecule has 3 rings (SSSR count). The molecule has 11 heteroatoms. The van der Waals surface area contributed by atoms with Crippen molar-refractivity contribution in [1.29, 1.82) is 0 Å². The lowest BCUT2D eigenvalue weighted by molar-refractivity contribution is -0.119. The predicted octanol–water partition coefficient (Wildman–Crippen LogP) is 4.37. The number of ether oxygens (including phenoxy) is 2. The zero-order chi connectivity index (χ0) is 26.1. The molecule has 0 radical (unpaired) electrons. The van der Waals surface area contributed by atoms with E-state index in [0.717, 1.165) is 22.2 Å². The zero-order valence-electron chi connectivity index (χ0n) is 19.6. The van der Waals surface area contributed by atoms with E-state index in [-0.39, 0.29) is 5.69 Å². The minimum atomic E-state index is -3.84. The van der Waals surface area contributed by atoms with Crippen LogP contribution in [0.5, 0.6) is 11.5 Å². The van der Waals surface area contributed by atoms with Gasteiger partial charge in [0.05, 0.1) is 24.8 Å². The van der Waals surface area contributed by atoms with Gasteiger partial charge in [0.1, 0.15) is 19.0 Å². The lowest BCUT2D eigenvalue weighted by atomic mass is 10.2. The molecule has 0 aliphatic heterocycles. The van der Waals surface area contributed by atoms with Crippen molar-refractivity contribution in [3.63, 3.8) is 0 Å². The molecule has 1 N–H and O–H groups in total. The third kappa shape index (κ3) is 7.96. The summed E-state index contributed by atoms with van der Waals surface area (Å²) in [6.45, 7) is 1.98. The van der Waals surface area contributed by atoms with E-state index in [0.29, 0.717) is 35.3 Å². The van der Waals surface area contributed by atoms with E-state index in [1.54, 1.807) is 24.3 Å². The molecule has 0 spiro atoms. The van der Waals surface area contributed by atoms with Gasteiger partial charge in [-0.05, 0) is 66.6 Å². The first-order valence-electron chi connectivity index (χ1n) is 10.8. The molecule has 36 heavy (non-hydrogen) atoms. The highest BCUT2D eigenvalue weighted by atomic mass is 35.5. The van der Waals surface area contributed by atoms with Gasteiger partial charge in [-0.15, -0.1) is 0 Å². The highest BCUT2D eigenvalue weighted by molar-refractivity contribution is 7.92. The van der Waals surface area contributed by atoms with Gasteiger partial charge in [-0.3, -0.25) is 9.10 Å². The second-order valence-corrected chi connectivity index (χ2v) is 9.94. The molecule has 0 bridgehead atoms. The van der Waals surface area contributed by atoms with Gasteiger partial charge in [0, 0.05) is 5.02 Å². The second kappa shape index (κ2) is 12.4. The van der Waals surface area contributed by atoms with Crippen LogP contribution in [0.25, 0.3) is 0 Å². The summed E-state index contributed by atoms with van der Waals surface area (Å²) in [6.07, 6.45) is 2.31. The van der Waals surface area contributed by atoms with E-state index in [9.17, 15) is 17.6 Å². The summed E-state index contributed by atoms with van der Waals surface area (Å²) < 4.78 is 50.1. The van der Waals surface area contributed by atoms with Crippen LogP contribution < -0.4 is 19.2 Å². The van der Waals surface area contributed by atoms with E-state index in [4.69, 9.17) is 21.1 Å². The molecule has 3 aromatic carbocycles. The van der Waals surface area contributed by atoms with E-state index in [1.165, 1.54) is 24.4 Å². The maximum atomic E-state index is 13.5. The fraction of sp³-hybridized carbons (Fsp3) is 0.200. The molecular weight excluding hydrogens is 509 g/mol. The minimum absolute atomic E-state index is 0.0337. The molecule has 0 unspecified atom stereocenters. The number of hydrazone groups is 1. The zero-order valence-corrected chi connectivity index (χ0v) is 21.2. The molecule has 0 heterocycles. The van der Waals surface area contributed by atoms with Crippen molar-refractivity contribution in [2.45, 2.75) is 13.5 Å². The quantitative estimate of drug-likeness (QED) is 0.291. The number of sulfonamides is 1. The largest absolute Gasteiger partial charge is 0.490 e. The van der Waals surface area contributed by atoms with Gasteiger partial charge in [0.2, 0.25) is 10.0 Å². The Balaban J connectivity index is 1.65. The van der Waals surface area contributed by atoms with Crippen molar-refractivity contribution in [3.05, 3.63) is 88.7 Å². The van der Waals surface area contributed by atoms with Gasteiger partial charge in [-0.1, -0.05) is 29.8 Å². The number of carbonyl (C=O) groups is 1. The standard InChI is InChI=1S/C25H25ClFN3O5S/c1-3-34-24-13-18(10-11-23(24)35-17-19-6-4-7-20(26)12-19)15-28-29-25(31)16-30(36(2,32)33)22-9-5-8-21(27)14-22/h4-15H,3,16-17H2,1-2H3,(H,29,31)/b28-15+. The molecule has 0 aromatic heterocycles. The fourth-order valence-corrected chi connectivity index (χ4v) is 4.22. The number of nitrogens with one attached hydrogen (secondary N) is 1. The first-order valence-corrected chi connectivity index (χ1v) is 13.1. The molecule has 0 saturated heterocycles. The van der Waals surface area contributed by atoms with Gasteiger partial charge in [0.15, 0.2) is 11.5 Å². The number of nitrogens with zero attached hydrogens (tertiary/aromatic N) is 2. The normalized spacial score (nSPS) is 11.3. The Morgan fingerprint density at radius 2 is 1.86 bits per heavy atom. The molecule has 0 atom stereocenters. The van der Waals surface area contributed by atoms with Crippen LogP contribution in [-0.4, -0.2) is 39.9 Å². The monoisotopic (exact) mass is 533 g/mol. The van der Waals surface area contributed by atoms with Gasteiger partial charge in [-0.2, -0.15) is 5.10 Å². The molecular formula is C25H25ClFN3O5S. The summed E-state index contributed by atoms with van der Waals surface area (Å²) in [4.78, 5) is 12.3. The van der Waals surface area contributed by atoms with Crippen molar-refractivity contribution >= 4 is 39.4 Å². The number of benzene rings is 3. The number of amides is 1. The minimum Gasteiger partial charge on any atom is -0.490 e. The first-order chi connectivity index (χ1) is 17.2. The molecule has 0 aliphatic rings. The molecule has 190 valence electrons. The maximum absolute atomic E-state index is 13.5. The third-order valence-electron chi connectivity index (χ3n) is 4.74. The van der Waals surface area contributed by atoms with Crippen LogP contribution in [0.15, 0.2) is 71.8 Å². The Bertz CT molecular complexity index is 1350. The number of rotatable bonds is 11. The van der Waals surface area contributed by atoms with E-state index < -0.39 is 28.3 Å². The summed E-state index contributed by atoms with van der Waals surface area (Å²) >= 11 is 6.01. The average molecular weight is 534 g/mol. The SMILES string of the molecule is CCOc1cc(/C=N/NC(=O)CN(c2cccc(F)c2)S(C)(=O)=O)ccc1OCc1cccc(Cl)c1. The summed E-state index contributed by atoms with van der Waals surface area (Å²) in [5.74, 6) is -0.307. The summed E-state index contributed by atoms with van der Waals surface area (Å²) in [7, 11) is -3.84. The van der Waals surface area contributed by atoms with Crippen LogP contribution in [-0.2, 0) is 21.4 Å². The molecule has 1 amide bonds. The van der Waals surface area contributed by atoms with Crippen LogP contribution in [0, 0.1) is 5.82 Å². The van der Waals surface area contributed by atoms with Crippen LogP contribution in [0.3, 0.4) is 0 Å². The molecule has 0 saturated carbocycles. The summed E-state index contributed by atoms with van der Waals surface area (Å²) in [5.41, 5.74) is 3.83. The van der Waals surface area contributed by atoms with Gasteiger partial charge < -0.3 is 9.47 Å². The number of halogens is 2. The van der Waals surface area contributed by atoms with Crippen molar-refractivity contribution in [1.82, 2.24) is 5.43 Å². The lowest BCUT2D eigenvalue weighted by Crippen LogP contribution is -2.39. The van der Waals surface area contributed by atoms with Crippen molar-refractivity contribution < 1.29 is 27.1 Å². The van der Waals surface area contributed by atoms with E-state index >= 15 is 0 Å². The molecule has 3 aromatic rings. The van der Waals surface area contributed by atoms with Gasteiger partial charge in [0.25, 0.3) is 5.91 Å². The Morgan fingerprint density at radius 3 is 2.56 bits per heavy atom. The molecule has 0 aliphatic carbocycles. The number of hydrogen-bond donors (Lipinski definition) is 1. The maximum Gasteiger partial charge on any atom is 0.260 e. The van der Waals surface area contributed by atoms with Gasteiger partial charge in [-0.25, -0.2) is 18.2 Å². The Kier molecular flexibility index (Phi) is 9.26. The second-order valence-electron chi connectivity index (χ2n) is 7.60. The molecule has 0 fully saturated rings. The number of anilines is 1. The molecule has 8 nitrogen and oxygen atoms in total. The average Bonchev–Trinajstić information content (AvgIpc) is 2.81. The fourth-order valence-electron chi connectivity index (χ4n) is 3.16. The first kappa shape index (κ1) is 27.0. The topological polar surface area (TPSA) is 97.3 Å². The highest BCUT2D eigenvalue weighted by Gasteiger charge is 2.21. The van der Waals surface area contributed by atoms with Crippen molar-refractivity contribution in [2.75, 3.05) is 23.7 Å². The summed E-state index contributed by atoms with van der Waals surface area (Å²) in [6, 6.07) is 17.4. The third-order valence-corrected chi connectivity index (χ3v) is 6.11. The van der Waals surface area contributed by atoms with Crippen molar-refractivity contribution in [2.24, 2.45) is 5.10 Å².